The first-order valence-corrected chi connectivity index (χ1v) is 8.20. The van der Waals surface area contributed by atoms with Crippen LogP contribution in [0.1, 0.15) is 6.42 Å². The first-order chi connectivity index (χ1) is 10.3. The van der Waals surface area contributed by atoms with Gasteiger partial charge in [0.1, 0.15) is 5.82 Å². The average molecular weight is 351 g/mol. The highest BCUT2D eigenvalue weighted by molar-refractivity contribution is 9.09. The van der Waals surface area contributed by atoms with E-state index in [0.29, 0.717) is 5.92 Å². The van der Waals surface area contributed by atoms with Crippen molar-refractivity contribution >= 4 is 32.5 Å². The Labute approximate surface area is 133 Å². The lowest BCUT2D eigenvalue weighted by atomic mass is 10.1. The molecule has 21 heavy (non-hydrogen) atoms. The van der Waals surface area contributed by atoms with Crippen LogP contribution in [-0.2, 0) is 0 Å². The predicted molar refractivity (Wildman–Crippen MR) is 89.0 cm³/mol. The van der Waals surface area contributed by atoms with E-state index in [1.54, 1.807) is 14.2 Å². The maximum atomic E-state index is 5.43. The molecule has 5 heteroatoms. The minimum absolute atomic E-state index is 0.696. The molecule has 0 aliphatic carbocycles. The molecule has 0 radical (unpaired) electrons. The van der Waals surface area contributed by atoms with E-state index in [1.165, 1.54) is 6.42 Å². The van der Waals surface area contributed by atoms with Crippen molar-refractivity contribution in [1.29, 1.82) is 0 Å². The van der Waals surface area contributed by atoms with Gasteiger partial charge in [0.2, 0.25) is 0 Å². The lowest BCUT2D eigenvalue weighted by Crippen LogP contribution is -2.21. The van der Waals surface area contributed by atoms with Crippen LogP contribution in [0.2, 0.25) is 0 Å². The van der Waals surface area contributed by atoms with Crippen molar-refractivity contribution in [3.8, 4) is 11.5 Å². The van der Waals surface area contributed by atoms with E-state index in [-0.39, 0.29) is 0 Å². The summed E-state index contributed by atoms with van der Waals surface area (Å²) in [6.45, 7) is 2.10. The number of fused-ring (bicyclic) bond motifs is 1. The highest BCUT2D eigenvalue weighted by atomic mass is 79.9. The fourth-order valence-corrected chi connectivity index (χ4v) is 3.42. The Balaban J connectivity index is 2.07. The van der Waals surface area contributed by atoms with Gasteiger partial charge in [-0.3, -0.25) is 0 Å². The number of ether oxygens (including phenoxy) is 2. The molecule has 0 amide bonds. The number of halogens is 1. The fourth-order valence-electron chi connectivity index (χ4n) is 2.89. The zero-order valence-electron chi connectivity index (χ0n) is 12.3. The molecule has 0 saturated carbocycles. The van der Waals surface area contributed by atoms with Gasteiger partial charge in [-0.25, -0.2) is 4.98 Å². The summed E-state index contributed by atoms with van der Waals surface area (Å²) >= 11 is 3.58. The second-order valence-electron chi connectivity index (χ2n) is 5.32. The van der Waals surface area contributed by atoms with Gasteiger partial charge in [0, 0.05) is 30.0 Å². The van der Waals surface area contributed by atoms with Gasteiger partial charge in [-0.1, -0.05) is 15.9 Å². The fraction of sp³-hybridized carbons (Fsp3) is 0.438. The summed E-state index contributed by atoms with van der Waals surface area (Å²) in [4.78, 5) is 6.96. The molecule has 0 N–H and O–H groups in total. The van der Waals surface area contributed by atoms with E-state index in [4.69, 9.17) is 9.47 Å². The summed E-state index contributed by atoms with van der Waals surface area (Å²) in [6.07, 6.45) is 3.07. The van der Waals surface area contributed by atoms with Gasteiger partial charge in [-0.15, -0.1) is 0 Å². The number of hydrogen-bond acceptors (Lipinski definition) is 4. The van der Waals surface area contributed by atoms with Crippen molar-refractivity contribution in [3.05, 3.63) is 24.4 Å². The number of methoxy groups -OCH3 is 2. The maximum absolute atomic E-state index is 5.43. The third kappa shape index (κ3) is 2.67. The van der Waals surface area contributed by atoms with E-state index < -0.39 is 0 Å². The molecule has 0 spiro atoms. The number of rotatable bonds is 4. The number of pyridine rings is 1. The zero-order valence-corrected chi connectivity index (χ0v) is 13.9. The Morgan fingerprint density at radius 3 is 2.71 bits per heavy atom. The van der Waals surface area contributed by atoms with E-state index >= 15 is 0 Å². The third-order valence-electron chi connectivity index (χ3n) is 4.05. The molecular weight excluding hydrogens is 332 g/mol. The Morgan fingerprint density at radius 1 is 1.29 bits per heavy atom. The van der Waals surface area contributed by atoms with Crippen molar-refractivity contribution in [2.45, 2.75) is 6.42 Å². The number of hydrogen-bond donors (Lipinski definition) is 0. The van der Waals surface area contributed by atoms with Crippen molar-refractivity contribution in [3.63, 3.8) is 0 Å². The van der Waals surface area contributed by atoms with E-state index in [2.05, 4.69) is 25.8 Å². The third-order valence-corrected chi connectivity index (χ3v) is 4.97. The van der Waals surface area contributed by atoms with Crippen molar-refractivity contribution in [2.75, 3.05) is 37.5 Å². The molecular formula is C16H19BrN2O2. The largest absolute Gasteiger partial charge is 0.493 e. The van der Waals surface area contributed by atoms with Gasteiger partial charge in [-0.05, 0) is 35.9 Å². The number of benzene rings is 1. The molecule has 1 unspecified atom stereocenters. The molecule has 1 aliphatic rings. The van der Waals surface area contributed by atoms with Crippen molar-refractivity contribution in [1.82, 2.24) is 4.98 Å². The molecule has 2 heterocycles. The van der Waals surface area contributed by atoms with Crippen LogP contribution in [-0.4, -0.2) is 37.6 Å². The van der Waals surface area contributed by atoms with Crippen LogP contribution in [0.15, 0.2) is 24.4 Å². The van der Waals surface area contributed by atoms with Crippen LogP contribution >= 0.6 is 15.9 Å². The lowest BCUT2D eigenvalue weighted by molar-refractivity contribution is 0.356. The van der Waals surface area contributed by atoms with Crippen LogP contribution in [0.25, 0.3) is 10.8 Å². The molecule has 3 rings (SSSR count). The number of aromatic nitrogens is 1. The Kier molecular flexibility index (Phi) is 4.19. The molecule has 1 fully saturated rings. The quantitative estimate of drug-likeness (QED) is 0.790. The summed E-state index contributed by atoms with van der Waals surface area (Å²) in [5.74, 6) is 3.23. The summed E-state index contributed by atoms with van der Waals surface area (Å²) in [6, 6.07) is 6.05. The molecule has 2 aromatic rings. The number of alkyl halides is 1. The summed E-state index contributed by atoms with van der Waals surface area (Å²) < 4.78 is 10.8. The SMILES string of the molecule is COc1cc2ccnc(N3CCC(CBr)C3)c2cc1OC. The van der Waals surface area contributed by atoms with Crippen molar-refractivity contribution < 1.29 is 9.47 Å². The molecule has 0 bridgehead atoms. The predicted octanol–water partition coefficient (Wildman–Crippen LogP) is 3.47. The summed E-state index contributed by atoms with van der Waals surface area (Å²) in [5.41, 5.74) is 0. The molecule has 4 nitrogen and oxygen atoms in total. The molecule has 1 aromatic carbocycles. The van der Waals surface area contributed by atoms with Gasteiger partial charge in [0.15, 0.2) is 11.5 Å². The second kappa shape index (κ2) is 6.10. The van der Waals surface area contributed by atoms with Gasteiger partial charge in [0.25, 0.3) is 0 Å². The summed E-state index contributed by atoms with van der Waals surface area (Å²) in [5, 5.41) is 3.29. The molecule has 1 atom stereocenters. The minimum atomic E-state index is 0.696. The average Bonchev–Trinajstić information content (AvgIpc) is 3.01. The van der Waals surface area contributed by atoms with Gasteiger partial charge < -0.3 is 14.4 Å². The topological polar surface area (TPSA) is 34.6 Å². The van der Waals surface area contributed by atoms with Crippen LogP contribution in [0.5, 0.6) is 11.5 Å². The van der Waals surface area contributed by atoms with Gasteiger partial charge in [-0.2, -0.15) is 0 Å². The monoisotopic (exact) mass is 350 g/mol. The first kappa shape index (κ1) is 14.4. The second-order valence-corrected chi connectivity index (χ2v) is 5.97. The highest BCUT2D eigenvalue weighted by Gasteiger charge is 2.24. The van der Waals surface area contributed by atoms with Crippen LogP contribution in [0.3, 0.4) is 0 Å². The van der Waals surface area contributed by atoms with Crippen LogP contribution < -0.4 is 14.4 Å². The normalized spacial score (nSPS) is 18.2. The van der Waals surface area contributed by atoms with Gasteiger partial charge >= 0.3 is 0 Å². The highest BCUT2D eigenvalue weighted by Crippen LogP contribution is 2.36. The summed E-state index contributed by atoms with van der Waals surface area (Å²) in [7, 11) is 3.32. The maximum Gasteiger partial charge on any atom is 0.161 e. The first-order valence-electron chi connectivity index (χ1n) is 7.08. The molecule has 1 aliphatic heterocycles. The van der Waals surface area contributed by atoms with Crippen molar-refractivity contribution in [2.24, 2.45) is 5.92 Å². The van der Waals surface area contributed by atoms with Crippen LogP contribution in [0, 0.1) is 5.92 Å². The molecule has 1 saturated heterocycles. The van der Waals surface area contributed by atoms with Gasteiger partial charge in [0.05, 0.1) is 14.2 Å². The van der Waals surface area contributed by atoms with E-state index in [1.807, 2.05) is 24.4 Å². The zero-order chi connectivity index (χ0) is 14.8. The molecule has 112 valence electrons. The Bertz CT molecular complexity index is 647. The Morgan fingerprint density at radius 2 is 2.05 bits per heavy atom. The smallest absolute Gasteiger partial charge is 0.161 e. The lowest BCUT2D eigenvalue weighted by Gasteiger charge is -2.20. The number of nitrogens with zero attached hydrogens (tertiary/aromatic N) is 2. The van der Waals surface area contributed by atoms with E-state index in [9.17, 15) is 0 Å². The van der Waals surface area contributed by atoms with E-state index in [0.717, 1.165) is 46.5 Å². The Hall–Kier alpha value is -1.49. The van der Waals surface area contributed by atoms with Crippen LogP contribution in [0.4, 0.5) is 5.82 Å². The molecule has 1 aromatic heterocycles. The standard InChI is InChI=1S/C16H19BrN2O2/c1-20-14-7-12-3-5-18-16(13(12)8-15(14)21-2)19-6-4-11(9-17)10-19/h3,5,7-8,11H,4,6,9-10H2,1-2H3. The number of anilines is 1. The minimum Gasteiger partial charge on any atom is -0.493 e.